The second kappa shape index (κ2) is 48.7. The molecule has 2 heterocycles. The number of nitrogens with one attached hydrogen (secondary N) is 3. The number of aliphatic carboxylic acids is 1. The highest BCUT2D eigenvalue weighted by Crippen LogP contribution is 2.40. The van der Waals surface area contributed by atoms with Crippen LogP contribution in [-0.2, 0) is 99.7 Å². The molecule has 30 heteroatoms. The SMILES string of the molecule is CCC1CC(C(=O)NCCNC(=O)CCOCCOCCOCCOCCOCCOCCOCCOCCOCCOCCOCCOC)CC(OC2OC(CO)C(O)C(OC(CC3CCCCC3)C(=O)O)C2NC(C)=O)C1OC1OC(C)C(O)C(O)C1O. The molecule has 0 aromatic carbocycles. The number of carboxylic acids is 1. The number of carboxylic acid groups (broad SMARTS) is 1. The second-order valence-electron chi connectivity index (χ2n) is 22.5. The lowest BCUT2D eigenvalue weighted by Crippen LogP contribution is -2.67. The Bertz CT molecular complexity index is 1870. The molecule has 15 atom stereocenters. The molecule has 0 aromatic heterocycles. The van der Waals surface area contributed by atoms with Crippen LogP contribution in [0.2, 0.25) is 0 Å². The first kappa shape index (κ1) is 79.4. The van der Waals surface area contributed by atoms with E-state index >= 15 is 0 Å². The number of ether oxygens (including phenoxy) is 17. The smallest absolute Gasteiger partial charge is 0.332 e. The van der Waals surface area contributed by atoms with Gasteiger partial charge in [-0.1, -0.05) is 45.4 Å². The number of aliphatic hydroxyl groups excluding tert-OH is 5. The molecule has 30 nitrogen and oxygen atoms in total. The van der Waals surface area contributed by atoms with Crippen molar-refractivity contribution in [3.05, 3.63) is 0 Å². The first-order chi connectivity index (χ1) is 43.7. The van der Waals surface area contributed by atoms with Gasteiger partial charge in [-0.3, -0.25) is 14.4 Å². The maximum absolute atomic E-state index is 14.0. The van der Waals surface area contributed by atoms with Crippen molar-refractivity contribution in [1.29, 1.82) is 0 Å². The van der Waals surface area contributed by atoms with Gasteiger partial charge in [-0.25, -0.2) is 4.79 Å². The molecule has 9 N–H and O–H groups in total. The lowest BCUT2D eigenvalue weighted by Gasteiger charge is -2.49. The van der Waals surface area contributed by atoms with Crippen LogP contribution in [0.3, 0.4) is 0 Å². The topological polar surface area (TPSA) is 383 Å². The number of methoxy groups -OCH3 is 1. The summed E-state index contributed by atoms with van der Waals surface area (Å²) in [5.74, 6) is -3.65. The molecule has 2 aliphatic carbocycles. The van der Waals surface area contributed by atoms with Gasteiger partial charge >= 0.3 is 5.97 Å². The van der Waals surface area contributed by atoms with Gasteiger partial charge in [0, 0.05) is 39.5 Å². The fourth-order valence-electron chi connectivity index (χ4n) is 10.8. The van der Waals surface area contributed by atoms with Gasteiger partial charge in [0.05, 0.1) is 177 Å². The van der Waals surface area contributed by atoms with Gasteiger partial charge in [0.25, 0.3) is 0 Å². The highest BCUT2D eigenvalue weighted by atomic mass is 16.7. The van der Waals surface area contributed by atoms with Crippen molar-refractivity contribution in [1.82, 2.24) is 16.0 Å². The zero-order chi connectivity index (χ0) is 65.1. The van der Waals surface area contributed by atoms with Gasteiger partial charge in [-0.2, -0.15) is 0 Å². The number of hydrogen-bond donors (Lipinski definition) is 9. The normalized spacial score (nSPS) is 27.7. The standard InChI is InChI=1S/C60H109N3O27/c1-5-44-38-45(39-46(55(44)90-60-54(70)53(69)51(67)41(2)86-60)88-59-50(63-42(3)65)56(52(68)48(40-64)89-59)87-47(58(72)73)37-43-9-7-6-8-10-43)57(71)62-13-12-61-49(66)11-14-75-17-18-77-21-22-79-25-26-81-29-30-83-33-34-85-36-35-84-32-31-82-28-27-80-24-23-78-20-19-76-16-15-74-4/h41,43-48,50-56,59-60,64,67-70H,5-40H2,1-4H3,(H,61,66)(H,62,71)(H,63,65)(H,72,73). The highest BCUT2D eigenvalue weighted by molar-refractivity contribution is 5.79. The minimum atomic E-state index is -1.69. The van der Waals surface area contributed by atoms with Gasteiger partial charge < -0.3 is 127 Å². The highest BCUT2D eigenvalue weighted by Gasteiger charge is 2.53. The fraction of sp³-hybridized carbons (Fsp3) is 0.933. The van der Waals surface area contributed by atoms with Crippen LogP contribution in [0.25, 0.3) is 0 Å². The lowest BCUT2D eigenvalue weighted by atomic mass is 9.75. The molecule has 3 amide bonds. The van der Waals surface area contributed by atoms with E-state index in [4.69, 9.17) is 80.5 Å². The Hall–Kier alpha value is -3.00. The summed E-state index contributed by atoms with van der Waals surface area (Å²) in [6.07, 6.45) is -11.1. The number of carbonyl (C=O) groups is 4. The average molecular weight is 1300 g/mol. The summed E-state index contributed by atoms with van der Waals surface area (Å²) in [5.41, 5.74) is 0. The summed E-state index contributed by atoms with van der Waals surface area (Å²) >= 11 is 0. The molecule has 2 saturated carbocycles. The number of hydrogen-bond acceptors (Lipinski definition) is 26. The van der Waals surface area contributed by atoms with Crippen molar-refractivity contribution in [2.75, 3.05) is 179 Å². The zero-order valence-corrected chi connectivity index (χ0v) is 53.4. The molecule has 4 rings (SSSR count). The maximum atomic E-state index is 14.0. The van der Waals surface area contributed by atoms with E-state index in [-0.39, 0.29) is 69.7 Å². The minimum Gasteiger partial charge on any atom is -0.479 e. The first-order valence-corrected chi connectivity index (χ1v) is 32.2. The predicted molar refractivity (Wildman–Crippen MR) is 317 cm³/mol. The molecule has 2 aliphatic heterocycles. The first-order valence-electron chi connectivity index (χ1n) is 32.2. The van der Waals surface area contributed by atoms with Crippen molar-refractivity contribution >= 4 is 23.7 Å². The van der Waals surface area contributed by atoms with E-state index in [0.717, 1.165) is 32.1 Å². The molecule has 90 heavy (non-hydrogen) atoms. The number of amides is 3. The summed E-state index contributed by atoms with van der Waals surface area (Å²) in [6.45, 7) is 14.0. The summed E-state index contributed by atoms with van der Waals surface area (Å²) in [7, 11) is 1.63. The lowest BCUT2D eigenvalue weighted by molar-refractivity contribution is -0.338. The quantitative estimate of drug-likeness (QED) is 0.0325. The van der Waals surface area contributed by atoms with Gasteiger partial charge in [-0.15, -0.1) is 0 Å². The van der Waals surface area contributed by atoms with Gasteiger partial charge in [-0.05, 0) is 38.0 Å². The van der Waals surface area contributed by atoms with Crippen LogP contribution in [0.1, 0.15) is 85.0 Å². The largest absolute Gasteiger partial charge is 0.479 e. The number of aliphatic hydroxyl groups is 5. The molecular formula is C60H109N3O27. The van der Waals surface area contributed by atoms with E-state index in [1.54, 1.807) is 7.11 Å². The van der Waals surface area contributed by atoms with E-state index in [1.165, 1.54) is 13.8 Å². The van der Waals surface area contributed by atoms with Crippen LogP contribution in [0.5, 0.6) is 0 Å². The monoisotopic (exact) mass is 1300 g/mol. The Labute approximate surface area is 529 Å². The molecule has 2 saturated heterocycles. The third kappa shape index (κ3) is 32.0. The second-order valence-corrected chi connectivity index (χ2v) is 22.5. The molecule has 526 valence electrons. The van der Waals surface area contributed by atoms with Crippen LogP contribution in [0, 0.1) is 17.8 Å². The fourth-order valence-corrected chi connectivity index (χ4v) is 10.8. The van der Waals surface area contributed by atoms with Gasteiger partial charge in [0.1, 0.15) is 42.7 Å². The van der Waals surface area contributed by atoms with Crippen molar-refractivity contribution in [2.45, 2.75) is 165 Å². The van der Waals surface area contributed by atoms with Crippen LogP contribution in [0.15, 0.2) is 0 Å². The van der Waals surface area contributed by atoms with Crippen LogP contribution in [-0.4, -0.2) is 313 Å². The Kier molecular flexibility index (Phi) is 43.0. The van der Waals surface area contributed by atoms with Gasteiger partial charge in [0.2, 0.25) is 17.7 Å². The van der Waals surface area contributed by atoms with E-state index < -0.39 is 110 Å². The van der Waals surface area contributed by atoms with E-state index in [2.05, 4.69) is 16.0 Å². The summed E-state index contributed by atoms with van der Waals surface area (Å²) in [6, 6.07) is -1.34. The third-order valence-electron chi connectivity index (χ3n) is 15.7. The van der Waals surface area contributed by atoms with Crippen molar-refractivity contribution in [2.24, 2.45) is 17.8 Å². The van der Waals surface area contributed by atoms with Crippen LogP contribution < -0.4 is 16.0 Å². The molecule has 15 unspecified atom stereocenters. The van der Waals surface area contributed by atoms with Gasteiger partial charge in [0.15, 0.2) is 18.7 Å². The molecule has 0 aromatic rings. The van der Waals surface area contributed by atoms with Crippen LogP contribution >= 0.6 is 0 Å². The van der Waals surface area contributed by atoms with Crippen molar-refractivity contribution < 1.29 is 130 Å². The Balaban J connectivity index is 1.07. The van der Waals surface area contributed by atoms with Crippen molar-refractivity contribution in [3.63, 3.8) is 0 Å². The molecule has 4 aliphatic rings. The van der Waals surface area contributed by atoms with Crippen LogP contribution in [0.4, 0.5) is 0 Å². The molecule has 0 radical (unpaired) electrons. The summed E-state index contributed by atoms with van der Waals surface area (Å²) in [4.78, 5) is 52.1. The number of carbonyl (C=O) groups excluding carboxylic acids is 3. The third-order valence-corrected chi connectivity index (χ3v) is 15.7. The van der Waals surface area contributed by atoms with Crippen molar-refractivity contribution in [3.8, 4) is 0 Å². The van der Waals surface area contributed by atoms with E-state index in [9.17, 15) is 49.8 Å². The predicted octanol–water partition coefficient (Wildman–Crippen LogP) is -1.14. The molecule has 0 bridgehead atoms. The van der Waals surface area contributed by atoms with E-state index in [0.29, 0.717) is 145 Å². The Morgan fingerprint density at radius 3 is 1.49 bits per heavy atom. The summed E-state index contributed by atoms with van der Waals surface area (Å²) < 4.78 is 96.5. The zero-order valence-electron chi connectivity index (χ0n) is 53.4. The molecular weight excluding hydrogens is 1190 g/mol. The minimum absolute atomic E-state index is 0.0345. The average Bonchev–Trinajstić information content (AvgIpc) is 0.989. The molecule has 4 fully saturated rings. The Morgan fingerprint density at radius 2 is 1.03 bits per heavy atom. The Morgan fingerprint density at radius 1 is 0.556 bits per heavy atom. The number of rotatable bonds is 52. The van der Waals surface area contributed by atoms with E-state index in [1.807, 2.05) is 6.92 Å². The molecule has 0 spiro atoms. The summed E-state index contributed by atoms with van der Waals surface area (Å²) in [5, 5.41) is 72.8. The maximum Gasteiger partial charge on any atom is 0.332 e.